The first-order valence-corrected chi connectivity index (χ1v) is 6.28. The minimum Gasteiger partial charge on any atom is -0.467 e. The van der Waals surface area contributed by atoms with Crippen molar-refractivity contribution >= 4 is 6.03 Å². The summed E-state index contributed by atoms with van der Waals surface area (Å²) in [5.41, 5.74) is 1.20. The van der Waals surface area contributed by atoms with Crippen LogP contribution in [0.5, 0.6) is 0 Å². The van der Waals surface area contributed by atoms with Crippen LogP contribution in [-0.4, -0.2) is 29.1 Å². The Bertz CT molecular complexity index is 517. The fourth-order valence-electron chi connectivity index (χ4n) is 1.90. The molecule has 0 aliphatic carbocycles. The van der Waals surface area contributed by atoms with E-state index in [0.717, 1.165) is 12.2 Å². The van der Waals surface area contributed by atoms with Crippen molar-refractivity contribution in [2.24, 2.45) is 7.05 Å². The van der Waals surface area contributed by atoms with Gasteiger partial charge in [-0.05, 0) is 24.3 Å². The molecule has 102 valence electrons. The molecule has 0 atom stereocenters. The first-order chi connectivity index (χ1) is 9.16. The number of urea groups is 1. The molecule has 2 rings (SSSR count). The topological polar surface area (TPSA) is 50.4 Å². The van der Waals surface area contributed by atoms with E-state index >= 15 is 0 Å². The summed E-state index contributed by atoms with van der Waals surface area (Å²) in [6.45, 7) is 1.10. The third-order valence-corrected chi connectivity index (χ3v) is 3.03. The molecule has 0 aliphatic rings. The van der Waals surface area contributed by atoms with Crippen molar-refractivity contribution in [1.29, 1.82) is 0 Å². The maximum absolute atomic E-state index is 11.8. The van der Waals surface area contributed by atoms with Crippen molar-refractivity contribution in [3.05, 3.63) is 48.2 Å². The number of amides is 2. The van der Waals surface area contributed by atoms with Crippen LogP contribution in [0.25, 0.3) is 0 Å². The number of furan rings is 1. The number of aromatic nitrogens is 1. The minimum absolute atomic E-state index is 0.0920. The predicted molar refractivity (Wildman–Crippen MR) is 72.7 cm³/mol. The monoisotopic (exact) mass is 261 g/mol. The highest BCUT2D eigenvalue weighted by Gasteiger charge is 2.09. The zero-order valence-corrected chi connectivity index (χ0v) is 11.3. The van der Waals surface area contributed by atoms with Gasteiger partial charge in [0.1, 0.15) is 5.76 Å². The van der Waals surface area contributed by atoms with E-state index in [9.17, 15) is 4.79 Å². The summed E-state index contributed by atoms with van der Waals surface area (Å²) in [7, 11) is 3.75. The summed E-state index contributed by atoms with van der Waals surface area (Å²) < 4.78 is 7.26. The van der Waals surface area contributed by atoms with Crippen LogP contribution in [0.15, 0.2) is 41.1 Å². The second kappa shape index (κ2) is 6.13. The number of aryl methyl sites for hydroxylation is 1. The SMILES string of the molecule is CN(Cc1ccco1)C(=O)NCCc1cccn1C. The van der Waals surface area contributed by atoms with Crippen molar-refractivity contribution in [2.75, 3.05) is 13.6 Å². The Labute approximate surface area is 112 Å². The van der Waals surface area contributed by atoms with Gasteiger partial charge in [0.05, 0.1) is 12.8 Å². The van der Waals surface area contributed by atoms with Crippen LogP contribution in [0.1, 0.15) is 11.5 Å². The number of rotatable bonds is 5. The van der Waals surface area contributed by atoms with E-state index in [2.05, 4.69) is 16.0 Å². The van der Waals surface area contributed by atoms with E-state index < -0.39 is 0 Å². The molecule has 0 bridgehead atoms. The molecule has 0 unspecified atom stereocenters. The summed E-state index contributed by atoms with van der Waals surface area (Å²) in [4.78, 5) is 13.5. The lowest BCUT2D eigenvalue weighted by atomic mass is 10.3. The molecule has 0 aliphatic heterocycles. The Morgan fingerprint density at radius 1 is 1.42 bits per heavy atom. The van der Waals surface area contributed by atoms with Crippen molar-refractivity contribution in [3.63, 3.8) is 0 Å². The van der Waals surface area contributed by atoms with Gasteiger partial charge in [0.15, 0.2) is 0 Å². The van der Waals surface area contributed by atoms with Crippen LogP contribution in [0.2, 0.25) is 0 Å². The zero-order valence-electron chi connectivity index (χ0n) is 11.3. The van der Waals surface area contributed by atoms with Crippen molar-refractivity contribution in [2.45, 2.75) is 13.0 Å². The highest BCUT2D eigenvalue weighted by Crippen LogP contribution is 2.04. The third-order valence-electron chi connectivity index (χ3n) is 3.03. The van der Waals surface area contributed by atoms with Gasteiger partial charge in [-0.15, -0.1) is 0 Å². The second-order valence-electron chi connectivity index (χ2n) is 4.53. The first kappa shape index (κ1) is 13.3. The molecule has 0 saturated heterocycles. The lowest BCUT2D eigenvalue weighted by molar-refractivity contribution is 0.203. The molecule has 0 saturated carbocycles. The van der Waals surface area contributed by atoms with Crippen LogP contribution in [0.3, 0.4) is 0 Å². The van der Waals surface area contributed by atoms with E-state index in [1.807, 2.05) is 31.4 Å². The fourth-order valence-corrected chi connectivity index (χ4v) is 1.90. The van der Waals surface area contributed by atoms with Gasteiger partial charge in [-0.1, -0.05) is 0 Å². The normalized spacial score (nSPS) is 10.4. The summed E-state index contributed by atoms with van der Waals surface area (Å²) in [5, 5.41) is 2.89. The van der Waals surface area contributed by atoms with Crippen LogP contribution in [0.4, 0.5) is 4.79 Å². The first-order valence-electron chi connectivity index (χ1n) is 6.28. The van der Waals surface area contributed by atoms with Crippen molar-refractivity contribution in [3.8, 4) is 0 Å². The molecule has 2 aromatic heterocycles. The van der Waals surface area contributed by atoms with Crippen LogP contribution in [0, 0.1) is 0 Å². The Morgan fingerprint density at radius 2 is 2.26 bits per heavy atom. The van der Waals surface area contributed by atoms with Gasteiger partial charge in [0.25, 0.3) is 0 Å². The maximum Gasteiger partial charge on any atom is 0.317 e. The van der Waals surface area contributed by atoms with Gasteiger partial charge in [0, 0.05) is 39.0 Å². The number of carbonyl (C=O) groups is 1. The van der Waals surface area contributed by atoms with Gasteiger partial charge >= 0.3 is 6.03 Å². The lowest BCUT2D eigenvalue weighted by Crippen LogP contribution is -2.37. The molecule has 2 amide bonds. The lowest BCUT2D eigenvalue weighted by Gasteiger charge is -2.16. The van der Waals surface area contributed by atoms with E-state index in [4.69, 9.17) is 4.42 Å². The van der Waals surface area contributed by atoms with Crippen molar-refractivity contribution < 1.29 is 9.21 Å². The number of hydrogen-bond acceptors (Lipinski definition) is 2. The molecule has 5 nitrogen and oxygen atoms in total. The van der Waals surface area contributed by atoms with Gasteiger partial charge in [-0.2, -0.15) is 0 Å². The zero-order chi connectivity index (χ0) is 13.7. The molecule has 0 spiro atoms. The number of nitrogens with zero attached hydrogens (tertiary/aromatic N) is 2. The quantitative estimate of drug-likeness (QED) is 0.895. The van der Waals surface area contributed by atoms with Crippen molar-refractivity contribution in [1.82, 2.24) is 14.8 Å². The molecule has 19 heavy (non-hydrogen) atoms. The predicted octanol–water partition coefficient (Wildman–Crippen LogP) is 2.00. The number of nitrogens with one attached hydrogen (secondary N) is 1. The molecule has 5 heteroatoms. The smallest absolute Gasteiger partial charge is 0.317 e. The highest BCUT2D eigenvalue weighted by molar-refractivity contribution is 5.73. The largest absolute Gasteiger partial charge is 0.467 e. The van der Waals surface area contributed by atoms with Gasteiger partial charge in [-0.25, -0.2) is 4.79 Å². The van der Waals surface area contributed by atoms with Gasteiger partial charge in [-0.3, -0.25) is 0 Å². The number of carbonyl (C=O) groups excluding carboxylic acids is 1. The fraction of sp³-hybridized carbons (Fsp3) is 0.357. The Morgan fingerprint density at radius 3 is 2.89 bits per heavy atom. The molecule has 2 aromatic rings. The Kier molecular flexibility index (Phi) is 4.28. The summed E-state index contributed by atoms with van der Waals surface area (Å²) in [5.74, 6) is 0.778. The molecule has 0 radical (unpaired) electrons. The standard InChI is InChI=1S/C14H19N3O2/c1-16-9-3-5-12(16)7-8-15-14(18)17(2)11-13-6-4-10-19-13/h3-6,9-10H,7-8,11H2,1-2H3,(H,15,18). The summed E-state index contributed by atoms with van der Waals surface area (Å²) in [6, 6.07) is 7.63. The van der Waals surface area contributed by atoms with Crippen LogP contribution in [-0.2, 0) is 20.0 Å². The van der Waals surface area contributed by atoms with E-state index in [-0.39, 0.29) is 6.03 Å². The maximum atomic E-state index is 11.8. The number of hydrogen-bond donors (Lipinski definition) is 1. The molecular weight excluding hydrogens is 242 g/mol. The Hall–Kier alpha value is -2.17. The Balaban J connectivity index is 1.73. The molecule has 0 aromatic carbocycles. The highest BCUT2D eigenvalue weighted by atomic mass is 16.3. The summed E-state index contributed by atoms with van der Waals surface area (Å²) >= 11 is 0. The van der Waals surface area contributed by atoms with Gasteiger partial charge < -0.3 is 19.2 Å². The molecule has 2 heterocycles. The molecule has 1 N–H and O–H groups in total. The summed E-state index contributed by atoms with van der Waals surface area (Å²) in [6.07, 6.45) is 4.43. The third kappa shape index (κ3) is 3.64. The second-order valence-corrected chi connectivity index (χ2v) is 4.53. The minimum atomic E-state index is -0.0920. The van der Waals surface area contributed by atoms with Gasteiger partial charge in [0.2, 0.25) is 0 Å². The molecular formula is C14H19N3O2. The van der Waals surface area contributed by atoms with E-state index in [1.165, 1.54) is 5.69 Å². The van der Waals surface area contributed by atoms with Crippen LogP contribution < -0.4 is 5.32 Å². The van der Waals surface area contributed by atoms with Crippen LogP contribution >= 0.6 is 0 Å². The van der Waals surface area contributed by atoms with E-state index in [1.54, 1.807) is 18.2 Å². The average molecular weight is 261 g/mol. The molecule has 0 fully saturated rings. The average Bonchev–Trinajstić information content (AvgIpc) is 3.02. The van der Waals surface area contributed by atoms with E-state index in [0.29, 0.717) is 13.1 Å².